The summed E-state index contributed by atoms with van der Waals surface area (Å²) in [5, 5.41) is 2.66. The number of aromatic nitrogens is 1. The lowest BCUT2D eigenvalue weighted by molar-refractivity contribution is -0.147. The van der Waals surface area contributed by atoms with E-state index in [-0.39, 0.29) is 13.2 Å². The van der Waals surface area contributed by atoms with Gasteiger partial charge in [0.25, 0.3) is 0 Å². The first-order chi connectivity index (χ1) is 12.7. The molecule has 3 aromatic rings. The lowest BCUT2D eigenvalue weighted by Gasteiger charge is -2.06. The van der Waals surface area contributed by atoms with E-state index in [2.05, 4.69) is 20.9 Å². The van der Waals surface area contributed by atoms with Crippen molar-refractivity contribution in [2.75, 3.05) is 13.7 Å². The largest absolute Gasteiger partial charge is 0.496 e. The molecule has 0 amide bonds. The van der Waals surface area contributed by atoms with E-state index in [0.717, 1.165) is 20.8 Å². The van der Waals surface area contributed by atoms with Gasteiger partial charge < -0.3 is 14.2 Å². The number of ether oxygens (including phenoxy) is 3. The lowest BCUT2D eigenvalue weighted by Crippen LogP contribution is -2.14. The third-order valence-electron chi connectivity index (χ3n) is 3.42. The second kappa shape index (κ2) is 8.82. The Morgan fingerprint density at radius 3 is 2.77 bits per heavy atom. The van der Waals surface area contributed by atoms with E-state index < -0.39 is 5.97 Å². The number of nitrogens with zero attached hydrogens (tertiary/aromatic N) is 1. The van der Waals surface area contributed by atoms with Crippen molar-refractivity contribution in [3.63, 3.8) is 0 Å². The topological polar surface area (TPSA) is 57.7 Å². The molecular weight excluding hydrogens is 418 g/mol. The Kier molecular flexibility index (Phi) is 6.25. The first kappa shape index (κ1) is 18.4. The lowest BCUT2D eigenvalue weighted by atomic mass is 10.2. The van der Waals surface area contributed by atoms with E-state index in [1.807, 2.05) is 41.8 Å². The maximum Gasteiger partial charge on any atom is 0.344 e. The Hall–Kier alpha value is -2.38. The average molecular weight is 434 g/mol. The van der Waals surface area contributed by atoms with Crippen molar-refractivity contribution in [1.82, 2.24) is 4.98 Å². The number of para-hydroxylation sites is 1. The quantitative estimate of drug-likeness (QED) is 0.505. The van der Waals surface area contributed by atoms with Crippen LogP contribution in [-0.2, 0) is 16.1 Å². The zero-order chi connectivity index (χ0) is 18.4. The molecule has 0 fully saturated rings. The molecule has 0 N–H and O–H groups in total. The molecule has 0 unspecified atom stereocenters. The van der Waals surface area contributed by atoms with E-state index in [1.54, 1.807) is 19.2 Å². The summed E-state index contributed by atoms with van der Waals surface area (Å²) in [6, 6.07) is 14.9. The fraction of sp³-hybridized carbons (Fsp3) is 0.158. The summed E-state index contributed by atoms with van der Waals surface area (Å²) in [6.07, 6.45) is 0. The highest BCUT2D eigenvalue weighted by Crippen LogP contribution is 2.34. The molecule has 0 saturated carbocycles. The van der Waals surface area contributed by atoms with Crippen molar-refractivity contribution < 1.29 is 19.0 Å². The van der Waals surface area contributed by atoms with Gasteiger partial charge in [-0.3, -0.25) is 0 Å². The normalized spacial score (nSPS) is 10.4. The van der Waals surface area contributed by atoms with Gasteiger partial charge in [-0.1, -0.05) is 34.1 Å². The predicted octanol–water partition coefficient (Wildman–Crippen LogP) is 4.70. The number of rotatable bonds is 7. The van der Waals surface area contributed by atoms with Crippen LogP contribution in [0.4, 0.5) is 0 Å². The van der Waals surface area contributed by atoms with Crippen LogP contribution >= 0.6 is 27.3 Å². The molecule has 0 aliphatic heterocycles. The van der Waals surface area contributed by atoms with E-state index in [1.165, 1.54) is 11.3 Å². The maximum atomic E-state index is 11.8. The summed E-state index contributed by atoms with van der Waals surface area (Å²) in [4.78, 5) is 16.3. The molecule has 5 nitrogen and oxygen atoms in total. The SMILES string of the molecule is COc1ccc(Br)cc1-c1nc(COC(=O)COc2ccccc2)cs1. The second-order valence-electron chi connectivity index (χ2n) is 5.25. The first-order valence-electron chi connectivity index (χ1n) is 7.77. The van der Waals surface area contributed by atoms with Gasteiger partial charge in [-0.05, 0) is 30.3 Å². The minimum absolute atomic E-state index is 0.101. The highest BCUT2D eigenvalue weighted by molar-refractivity contribution is 9.10. The Bertz CT molecular complexity index is 882. The number of esters is 1. The van der Waals surface area contributed by atoms with Gasteiger partial charge in [-0.15, -0.1) is 11.3 Å². The second-order valence-corrected chi connectivity index (χ2v) is 7.02. The number of methoxy groups -OCH3 is 1. The Morgan fingerprint density at radius 1 is 1.19 bits per heavy atom. The van der Waals surface area contributed by atoms with Crippen LogP contribution < -0.4 is 9.47 Å². The van der Waals surface area contributed by atoms with Crippen LogP contribution in [0.25, 0.3) is 10.6 Å². The monoisotopic (exact) mass is 433 g/mol. The molecule has 0 atom stereocenters. The Balaban J connectivity index is 1.57. The molecular formula is C19H16BrNO4S. The molecule has 2 aromatic carbocycles. The minimum Gasteiger partial charge on any atom is -0.496 e. The summed E-state index contributed by atoms with van der Waals surface area (Å²) in [6.45, 7) is -0.0374. The third-order valence-corrected chi connectivity index (χ3v) is 4.84. The molecule has 1 aromatic heterocycles. The Morgan fingerprint density at radius 2 is 2.00 bits per heavy atom. The molecule has 0 aliphatic rings. The van der Waals surface area contributed by atoms with Gasteiger partial charge in [0.15, 0.2) is 6.61 Å². The summed E-state index contributed by atoms with van der Waals surface area (Å²) < 4.78 is 16.9. The van der Waals surface area contributed by atoms with Crippen molar-refractivity contribution in [3.8, 4) is 22.1 Å². The molecule has 7 heteroatoms. The summed E-state index contributed by atoms with van der Waals surface area (Å²) in [7, 11) is 1.62. The Labute approximate surface area is 163 Å². The van der Waals surface area contributed by atoms with Gasteiger partial charge in [0, 0.05) is 9.85 Å². The fourth-order valence-corrected chi connectivity index (χ4v) is 3.39. The number of hydrogen-bond donors (Lipinski definition) is 0. The van der Waals surface area contributed by atoms with Gasteiger partial charge >= 0.3 is 5.97 Å². The number of carbonyl (C=O) groups excluding carboxylic acids is 1. The van der Waals surface area contributed by atoms with Crippen molar-refractivity contribution in [3.05, 3.63) is 64.1 Å². The number of hydrogen-bond acceptors (Lipinski definition) is 6. The van der Waals surface area contributed by atoms with Crippen LogP contribution in [0.2, 0.25) is 0 Å². The standard InChI is InChI=1S/C19H16BrNO4S/c1-23-17-8-7-13(20)9-16(17)19-21-14(12-26-19)10-25-18(22)11-24-15-5-3-2-4-6-15/h2-9,12H,10-11H2,1H3. The molecule has 3 rings (SSSR count). The highest BCUT2D eigenvalue weighted by Gasteiger charge is 2.12. The van der Waals surface area contributed by atoms with Crippen molar-refractivity contribution >= 4 is 33.2 Å². The molecule has 134 valence electrons. The van der Waals surface area contributed by atoms with Gasteiger partial charge in [-0.25, -0.2) is 9.78 Å². The van der Waals surface area contributed by atoms with Gasteiger partial charge in [0.2, 0.25) is 0 Å². The van der Waals surface area contributed by atoms with Crippen molar-refractivity contribution in [1.29, 1.82) is 0 Å². The maximum absolute atomic E-state index is 11.8. The third kappa shape index (κ3) is 4.83. The average Bonchev–Trinajstić information content (AvgIpc) is 3.14. The van der Waals surface area contributed by atoms with E-state index in [9.17, 15) is 4.79 Å². The summed E-state index contributed by atoms with van der Waals surface area (Å²) in [5.41, 5.74) is 1.57. The molecule has 1 heterocycles. The van der Waals surface area contributed by atoms with Crippen LogP contribution in [0.3, 0.4) is 0 Å². The van der Waals surface area contributed by atoms with Crippen molar-refractivity contribution in [2.45, 2.75) is 6.61 Å². The van der Waals surface area contributed by atoms with Crippen LogP contribution in [0.5, 0.6) is 11.5 Å². The number of thiazole rings is 1. The van der Waals surface area contributed by atoms with Crippen molar-refractivity contribution in [2.24, 2.45) is 0 Å². The fourth-order valence-electron chi connectivity index (χ4n) is 2.20. The molecule has 0 saturated heterocycles. The van der Waals surface area contributed by atoms with Gasteiger partial charge in [-0.2, -0.15) is 0 Å². The number of halogens is 1. The van der Waals surface area contributed by atoms with Crippen LogP contribution in [0, 0.1) is 0 Å². The predicted molar refractivity (Wildman–Crippen MR) is 104 cm³/mol. The summed E-state index contributed by atoms with van der Waals surface area (Å²) in [5.74, 6) is 0.924. The van der Waals surface area contributed by atoms with E-state index >= 15 is 0 Å². The zero-order valence-electron chi connectivity index (χ0n) is 14.0. The number of carbonyl (C=O) groups is 1. The van der Waals surface area contributed by atoms with Gasteiger partial charge in [0.1, 0.15) is 23.1 Å². The number of benzene rings is 2. The van der Waals surface area contributed by atoms with E-state index in [4.69, 9.17) is 14.2 Å². The minimum atomic E-state index is -0.441. The molecule has 0 radical (unpaired) electrons. The summed E-state index contributed by atoms with van der Waals surface area (Å²) >= 11 is 4.92. The molecule has 26 heavy (non-hydrogen) atoms. The zero-order valence-corrected chi connectivity index (χ0v) is 16.4. The molecule has 0 aliphatic carbocycles. The van der Waals surface area contributed by atoms with E-state index in [0.29, 0.717) is 11.4 Å². The van der Waals surface area contributed by atoms with Crippen LogP contribution in [0.15, 0.2) is 58.4 Å². The van der Waals surface area contributed by atoms with Crippen LogP contribution in [-0.4, -0.2) is 24.7 Å². The van der Waals surface area contributed by atoms with Crippen LogP contribution in [0.1, 0.15) is 5.69 Å². The first-order valence-corrected chi connectivity index (χ1v) is 9.45. The van der Waals surface area contributed by atoms with Gasteiger partial charge in [0.05, 0.1) is 18.4 Å². The highest BCUT2D eigenvalue weighted by atomic mass is 79.9. The molecule has 0 spiro atoms. The molecule has 0 bridgehead atoms. The smallest absolute Gasteiger partial charge is 0.344 e.